The Morgan fingerprint density at radius 3 is 2.23 bits per heavy atom. The average molecular weight is 397 g/mol. The maximum atomic E-state index is 10.4. The van der Waals surface area contributed by atoms with E-state index < -0.39 is 0 Å². The van der Waals surface area contributed by atoms with Crippen LogP contribution in [0, 0.1) is 18.8 Å². The Morgan fingerprint density at radius 2 is 2.00 bits per heavy atom. The van der Waals surface area contributed by atoms with E-state index in [1.165, 1.54) is 14.8 Å². The molecule has 0 atom stereocenters. The quantitative estimate of drug-likeness (QED) is 0.318. The Balaban J connectivity index is -0.0000000712. The van der Waals surface area contributed by atoms with E-state index >= 15 is 0 Å². The summed E-state index contributed by atoms with van der Waals surface area (Å²) in [6.07, 6.45) is 1.06. The summed E-state index contributed by atoms with van der Waals surface area (Å²) in [5, 5.41) is 6.25. The summed E-state index contributed by atoms with van der Waals surface area (Å²) in [7, 11) is 0. The molecule has 3 nitrogen and oxygen atoms in total. The van der Waals surface area contributed by atoms with Gasteiger partial charge in [0.2, 0.25) is 0 Å². The molecule has 0 aromatic heterocycles. The Kier molecular flexibility index (Phi) is 53.1. The Morgan fingerprint density at radius 1 is 1.62 bits per heavy atom. The van der Waals surface area contributed by atoms with Crippen molar-refractivity contribution in [2.24, 2.45) is 0 Å². The van der Waals surface area contributed by atoms with Crippen molar-refractivity contribution in [2.75, 3.05) is 6.61 Å². The van der Waals surface area contributed by atoms with Crippen molar-refractivity contribution in [3.63, 3.8) is 0 Å². The van der Waals surface area contributed by atoms with Gasteiger partial charge >= 0.3 is 57.6 Å². The van der Waals surface area contributed by atoms with Crippen molar-refractivity contribution in [1.82, 2.24) is 0 Å². The third-order valence-electron chi connectivity index (χ3n) is 0.686. The molecule has 0 N–H and O–H groups in total. The monoisotopic (exact) mass is 395 g/mol. The van der Waals surface area contributed by atoms with E-state index in [1.54, 1.807) is 6.92 Å². The topological polar surface area (TPSA) is 50.1 Å². The first-order valence-corrected chi connectivity index (χ1v) is 12.3. The molecule has 0 aliphatic heterocycles. The van der Waals surface area contributed by atoms with Gasteiger partial charge in [0.05, 0.1) is 6.61 Å². The summed E-state index contributed by atoms with van der Waals surface area (Å²) in [4.78, 5) is 10.4. The molecule has 0 bridgehead atoms. The Hall–Kier alpha value is 0.833. The third kappa shape index (κ3) is 32.3. The van der Waals surface area contributed by atoms with Gasteiger partial charge in [-0.15, -0.1) is 0 Å². The molecule has 13 heavy (non-hydrogen) atoms. The van der Waals surface area contributed by atoms with Crippen LogP contribution in [0.3, 0.4) is 0 Å². The Labute approximate surface area is 111 Å². The van der Waals surface area contributed by atoms with Gasteiger partial charge in [0.25, 0.3) is 0 Å². The predicted octanol–water partition coefficient (Wildman–Crippen LogP) is 2.14. The SMILES string of the molecule is [C-]#N.[CH2-]CCC(=O)OCC.[Cu+].[Zn+][I]. The average Bonchev–Trinajstić information content (AvgIpc) is 2.12. The fourth-order valence-electron chi connectivity index (χ4n) is 0.377. The number of hydrogen-bond acceptors (Lipinski definition) is 3. The molecule has 0 fully saturated rings. The van der Waals surface area contributed by atoms with E-state index in [-0.39, 0.29) is 23.0 Å². The van der Waals surface area contributed by atoms with Gasteiger partial charge in [-0.05, 0) is 6.92 Å². The zero-order valence-electron chi connectivity index (χ0n) is 7.48. The molecule has 0 heterocycles. The van der Waals surface area contributed by atoms with E-state index in [1.807, 2.05) is 0 Å². The third-order valence-corrected chi connectivity index (χ3v) is 0.686. The van der Waals surface area contributed by atoms with Crippen LogP contribution in [0.5, 0.6) is 0 Å². The summed E-state index contributed by atoms with van der Waals surface area (Å²) in [6, 6.07) is 0. The first kappa shape index (κ1) is 23.6. The van der Waals surface area contributed by atoms with Gasteiger partial charge in [-0.1, -0.05) is 0 Å². The maximum absolute atomic E-state index is 10.4. The number of carbonyl (C=O) groups is 1. The van der Waals surface area contributed by atoms with Crippen molar-refractivity contribution in [3.8, 4) is 0 Å². The van der Waals surface area contributed by atoms with Gasteiger partial charge in [-0.2, -0.15) is 6.42 Å². The van der Waals surface area contributed by atoms with Crippen LogP contribution in [0.1, 0.15) is 19.8 Å². The molecule has 0 aromatic rings. The van der Waals surface area contributed by atoms with Gasteiger partial charge in [0.15, 0.2) is 0 Å². The van der Waals surface area contributed by atoms with Crippen molar-refractivity contribution in [2.45, 2.75) is 19.8 Å². The van der Waals surface area contributed by atoms with Crippen LogP contribution in [0.15, 0.2) is 0 Å². The van der Waals surface area contributed by atoms with E-state index in [4.69, 9.17) is 11.8 Å². The summed E-state index contributed by atoms with van der Waals surface area (Å²) in [5.74, 6) is -0.150. The molecule has 0 aliphatic carbocycles. The van der Waals surface area contributed by atoms with Crippen LogP contribution in [0.4, 0.5) is 0 Å². The van der Waals surface area contributed by atoms with Gasteiger partial charge in [-0.3, -0.25) is 4.79 Å². The Bertz CT molecular complexity index is 106. The molecule has 0 aromatic carbocycles. The second-order valence-electron chi connectivity index (χ2n) is 1.41. The summed E-state index contributed by atoms with van der Waals surface area (Å²) < 4.78 is 4.60. The number of carbonyl (C=O) groups excluding carboxylic acids is 1. The molecule has 0 aliphatic rings. The van der Waals surface area contributed by atoms with Crippen molar-refractivity contribution in [3.05, 3.63) is 13.5 Å². The van der Waals surface area contributed by atoms with Crippen LogP contribution in [0.25, 0.3) is 0 Å². The van der Waals surface area contributed by atoms with Crippen LogP contribution < -0.4 is 0 Å². The normalized spacial score (nSPS) is 6.08. The molecular weight excluding hydrogens is 386 g/mol. The second-order valence-corrected chi connectivity index (χ2v) is 1.41. The van der Waals surface area contributed by atoms with Crippen molar-refractivity contribution in [1.29, 1.82) is 5.26 Å². The number of nitrogens with zero attached hydrogens (tertiary/aromatic N) is 1. The van der Waals surface area contributed by atoms with Crippen LogP contribution >= 0.6 is 19.8 Å². The number of rotatable bonds is 3. The zero-order chi connectivity index (χ0) is 10.4. The van der Waals surface area contributed by atoms with E-state index in [2.05, 4.69) is 31.4 Å². The van der Waals surface area contributed by atoms with E-state index in [9.17, 15) is 4.79 Å². The zero-order valence-corrected chi connectivity index (χ0v) is 13.5. The van der Waals surface area contributed by atoms with E-state index in [0.29, 0.717) is 19.4 Å². The minimum absolute atomic E-state index is 0. The standard InChI is InChI=1S/C6H11O2.CN.Cu.HI.Zn/c1-3-5-6(7)8-4-2;1-2;;;/h1,3-5H2,2H3;;;1H;/q2*-1;+1;;+2/p-1. The molecule has 0 spiro atoms. The molecule has 0 unspecified atom stereocenters. The van der Waals surface area contributed by atoms with Crippen LogP contribution in [0.2, 0.25) is 0 Å². The van der Waals surface area contributed by atoms with Gasteiger partial charge in [0.1, 0.15) is 0 Å². The second kappa shape index (κ2) is 29.3. The number of esters is 1. The molecular formula is C7H11CuINO2Zn. The first-order chi connectivity index (χ1) is 5.81. The summed E-state index contributed by atoms with van der Waals surface area (Å²) >= 11 is 3.62. The molecule has 0 saturated carbocycles. The molecule has 0 radical (unpaired) electrons. The predicted molar refractivity (Wildman–Crippen MR) is 50.2 cm³/mol. The molecule has 0 saturated heterocycles. The fourth-order valence-corrected chi connectivity index (χ4v) is 0.377. The molecule has 76 valence electrons. The van der Waals surface area contributed by atoms with E-state index in [0.717, 1.165) is 0 Å². The van der Waals surface area contributed by atoms with Crippen molar-refractivity contribution < 1.29 is 41.4 Å². The fraction of sp³-hybridized carbons (Fsp3) is 0.571. The molecule has 6 heteroatoms. The van der Waals surface area contributed by atoms with Crippen molar-refractivity contribution >= 4 is 25.7 Å². The number of ether oxygens (including phenoxy) is 1. The molecule has 0 rings (SSSR count). The summed E-state index contributed by atoms with van der Waals surface area (Å²) in [6.45, 7) is 10.5. The summed E-state index contributed by atoms with van der Waals surface area (Å²) in [5.41, 5.74) is 0. The van der Waals surface area contributed by atoms with Crippen LogP contribution in [-0.2, 0) is 41.4 Å². The first-order valence-electron chi connectivity index (χ1n) is 3.25. The minimum atomic E-state index is -0.150. The molecule has 0 amide bonds. The van der Waals surface area contributed by atoms with Crippen LogP contribution in [-0.4, -0.2) is 12.6 Å². The van der Waals surface area contributed by atoms with Gasteiger partial charge in [-0.25, -0.2) is 0 Å². The number of halogens is 1. The van der Waals surface area contributed by atoms with Gasteiger partial charge < -0.3 is 23.5 Å². The van der Waals surface area contributed by atoms with Gasteiger partial charge in [0, 0.05) is 6.42 Å². The number of hydrogen-bond donors (Lipinski definition) is 0.